The van der Waals surface area contributed by atoms with Crippen molar-refractivity contribution >= 4 is 10.0 Å². The summed E-state index contributed by atoms with van der Waals surface area (Å²) >= 11 is 0. The molecule has 19 heavy (non-hydrogen) atoms. The van der Waals surface area contributed by atoms with Crippen molar-refractivity contribution in [3.63, 3.8) is 0 Å². The van der Waals surface area contributed by atoms with Gasteiger partial charge in [-0.05, 0) is 39.3 Å². The number of likely N-dealkylation sites (tertiary alicyclic amines) is 1. The Morgan fingerprint density at radius 3 is 2.68 bits per heavy atom. The quantitative estimate of drug-likeness (QED) is 0.881. The number of sulfonamides is 1. The number of hydrogen-bond donors (Lipinski definition) is 1. The number of H-pyrrole nitrogens is 1. The van der Waals surface area contributed by atoms with Crippen LogP contribution in [0.15, 0.2) is 11.2 Å². The molecule has 0 bridgehead atoms. The van der Waals surface area contributed by atoms with Gasteiger partial charge in [-0.25, -0.2) is 13.4 Å². The van der Waals surface area contributed by atoms with E-state index >= 15 is 0 Å². The lowest BCUT2D eigenvalue weighted by Crippen LogP contribution is -2.37. The van der Waals surface area contributed by atoms with E-state index in [2.05, 4.69) is 14.9 Å². The van der Waals surface area contributed by atoms with Crippen molar-refractivity contribution in [3.8, 4) is 0 Å². The van der Waals surface area contributed by atoms with Crippen LogP contribution < -0.4 is 0 Å². The zero-order valence-corrected chi connectivity index (χ0v) is 12.0. The summed E-state index contributed by atoms with van der Waals surface area (Å²) in [6, 6.07) is 0.390. The Kier molecular flexibility index (Phi) is 3.36. The first-order valence-electron chi connectivity index (χ1n) is 6.83. The van der Waals surface area contributed by atoms with Gasteiger partial charge < -0.3 is 4.98 Å². The molecule has 1 atom stereocenters. The lowest BCUT2D eigenvalue weighted by molar-refractivity contribution is 0.251. The lowest BCUT2D eigenvalue weighted by Gasteiger charge is -2.23. The van der Waals surface area contributed by atoms with Crippen LogP contribution in [0.25, 0.3) is 0 Å². The molecule has 0 spiro atoms. The standard InChI is InChI=1S/C12H20N4O2S/c1-10-13-8-12(14-10)19(17,18)16-7-4-11(9-16)15-5-2-3-6-15/h8,11H,2-7,9H2,1H3,(H,13,14). The molecule has 7 heteroatoms. The minimum atomic E-state index is -3.39. The van der Waals surface area contributed by atoms with Crippen LogP contribution in [-0.4, -0.2) is 59.8 Å². The fourth-order valence-electron chi connectivity index (χ4n) is 3.00. The van der Waals surface area contributed by atoms with Crippen LogP contribution in [-0.2, 0) is 10.0 Å². The van der Waals surface area contributed by atoms with Crippen molar-refractivity contribution in [1.82, 2.24) is 19.2 Å². The van der Waals surface area contributed by atoms with Gasteiger partial charge in [0.25, 0.3) is 10.0 Å². The van der Waals surface area contributed by atoms with Crippen LogP contribution in [0.3, 0.4) is 0 Å². The molecule has 0 radical (unpaired) electrons. The molecule has 3 rings (SSSR count). The molecule has 2 fully saturated rings. The number of aromatic nitrogens is 2. The van der Waals surface area contributed by atoms with Crippen molar-refractivity contribution in [3.05, 3.63) is 12.0 Å². The summed E-state index contributed by atoms with van der Waals surface area (Å²) < 4.78 is 26.5. The second-order valence-electron chi connectivity index (χ2n) is 5.38. The van der Waals surface area contributed by atoms with Crippen molar-refractivity contribution in [2.24, 2.45) is 0 Å². The first-order chi connectivity index (χ1) is 9.07. The van der Waals surface area contributed by atoms with Gasteiger partial charge in [0.05, 0.1) is 6.20 Å². The summed E-state index contributed by atoms with van der Waals surface area (Å²) in [5, 5.41) is 0.215. The topological polar surface area (TPSA) is 69.3 Å². The number of aryl methyl sites for hydroxylation is 1. The Morgan fingerprint density at radius 2 is 2.05 bits per heavy atom. The van der Waals surface area contributed by atoms with E-state index in [4.69, 9.17) is 0 Å². The fraction of sp³-hybridized carbons (Fsp3) is 0.750. The van der Waals surface area contributed by atoms with Crippen LogP contribution in [0.5, 0.6) is 0 Å². The predicted molar refractivity (Wildman–Crippen MR) is 71.3 cm³/mol. The van der Waals surface area contributed by atoms with Crippen LogP contribution in [0, 0.1) is 6.92 Å². The Balaban J connectivity index is 1.73. The average Bonchev–Trinajstić information content (AvgIpc) is 3.10. The van der Waals surface area contributed by atoms with Crippen LogP contribution in [0.2, 0.25) is 0 Å². The maximum Gasteiger partial charge on any atom is 0.260 e. The van der Waals surface area contributed by atoms with Crippen LogP contribution >= 0.6 is 0 Å². The van der Waals surface area contributed by atoms with Crippen LogP contribution in [0.4, 0.5) is 0 Å². The summed E-state index contributed by atoms with van der Waals surface area (Å²) in [5.74, 6) is 0.633. The van der Waals surface area contributed by atoms with E-state index in [0.29, 0.717) is 25.0 Å². The molecule has 106 valence electrons. The van der Waals surface area contributed by atoms with E-state index in [1.807, 2.05) is 0 Å². The molecule has 1 N–H and O–H groups in total. The van der Waals surface area contributed by atoms with E-state index in [9.17, 15) is 8.42 Å². The second kappa shape index (κ2) is 4.88. The van der Waals surface area contributed by atoms with E-state index in [1.54, 1.807) is 11.2 Å². The van der Waals surface area contributed by atoms with E-state index in [-0.39, 0.29) is 5.03 Å². The van der Waals surface area contributed by atoms with E-state index in [1.165, 1.54) is 19.0 Å². The zero-order valence-electron chi connectivity index (χ0n) is 11.2. The maximum absolute atomic E-state index is 12.4. The molecule has 0 saturated carbocycles. The molecule has 1 unspecified atom stereocenters. The van der Waals surface area contributed by atoms with Gasteiger partial charge in [-0.15, -0.1) is 0 Å². The minimum absolute atomic E-state index is 0.215. The number of nitrogens with zero attached hydrogens (tertiary/aromatic N) is 3. The van der Waals surface area contributed by atoms with Gasteiger partial charge in [0.15, 0.2) is 5.03 Å². The first-order valence-corrected chi connectivity index (χ1v) is 8.27. The molecule has 2 saturated heterocycles. The van der Waals surface area contributed by atoms with Gasteiger partial charge in [-0.2, -0.15) is 4.31 Å². The largest absolute Gasteiger partial charge is 0.332 e. The van der Waals surface area contributed by atoms with Crippen molar-refractivity contribution in [1.29, 1.82) is 0 Å². The monoisotopic (exact) mass is 284 g/mol. The van der Waals surface area contributed by atoms with E-state index < -0.39 is 10.0 Å². The van der Waals surface area contributed by atoms with E-state index in [0.717, 1.165) is 19.5 Å². The molecule has 1 aromatic heterocycles. The number of rotatable bonds is 3. The molecule has 2 aliphatic heterocycles. The Hall–Kier alpha value is -0.920. The maximum atomic E-state index is 12.4. The van der Waals surface area contributed by atoms with Gasteiger partial charge in [-0.1, -0.05) is 0 Å². The number of imidazole rings is 1. The van der Waals surface area contributed by atoms with Gasteiger partial charge in [0, 0.05) is 19.1 Å². The van der Waals surface area contributed by atoms with Crippen molar-refractivity contribution in [2.75, 3.05) is 26.2 Å². The zero-order chi connectivity index (χ0) is 13.5. The van der Waals surface area contributed by atoms with Crippen molar-refractivity contribution < 1.29 is 8.42 Å². The Morgan fingerprint density at radius 1 is 1.32 bits per heavy atom. The third-order valence-electron chi connectivity index (χ3n) is 4.08. The summed E-state index contributed by atoms with van der Waals surface area (Å²) in [4.78, 5) is 9.23. The predicted octanol–water partition coefficient (Wildman–Crippen LogP) is 0.577. The number of aromatic amines is 1. The normalized spacial score (nSPS) is 26.3. The van der Waals surface area contributed by atoms with Crippen LogP contribution in [0.1, 0.15) is 25.1 Å². The smallest absolute Gasteiger partial charge is 0.260 e. The fourth-order valence-corrected chi connectivity index (χ4v) is 4.46. The molecule has 1 aromatic rings. The van der Waals surface area contributed by atoms with Gasteiger partial charge in [0.1, 0.15) is 5.82 Å². The Labute approximate surface area is 113 Å². The van der Waals surface area contributed by atoms with Gasteiger partial charge in [-0.3, -0.25) is 4.90 Å². The summed E-state index contributed by atoms with van der Waals surface area (Å²) in [6.07, 6.45) is 4.83. The highest BCUT2D eigenvalue weighted by Crippen LogP contribution is 2.24. The summed E-state index contributed by atoms with van der Waals surface area (Å²) in [5.41, 5.74) is 0. The first kappa shape index (κ1) is 13.1. The molecule has 0 aliphatic carbocycles. The molecular weight excluding hydrogens is 264 g/mol. The second-order valence-corrected chi connectivity index (χ2v) is 7.29. The average molecular weight is 284 g/mol. The van der Waals surface area contributed by atoms with Gasteiger partial charge >= 0.3 is 0 Å². The molecule has 0 aromatic carbocycles. The molecular formula is C12H20N4O2S. The molecule has 0 amide bonds. The highest BCUT2D eigenvalue weighted by Gasteiger charge is 2.36. The highest BCUT2D eigenvalue weighted by molar-refractivity contribution is 7.89. The lowest BCUT2D eigenvalue weighted by atomic mass is 10.2. The summed E-state index contributed by atoms with van der Waals surface area (Å²) in [7, 11) is -3.39. The third-order valence-corrected chi connectivity index (χ3v) is 5.86. The minimum Gasteiger partial charge on any atom is -0.332 e. The Bertz CT molecular complexity index is 548. The molecule has 6 nitrogen and oxygen atoms in total. The number of hydrogen-bond acceptors (Lipinski definition) is 4. The molecule has 3 heterocycles. The third kappa shape index (κ3) is 2.42. The van der Waals surface area contributed by atoms with Crippen molar-refractivity contribution in [2.45, 2.75) is 37.3 Å². The highest BCUT2D eigenvalue weighted by atomic mass is 32.2. The molecule has 2 aliphatic rings. The number of nitrogens with one attached hydrogen (secondary N) is 1. The summed E-state index contributed by atoms with van der Waals surface area (Å²) in [6.45, 7) is 5.21. The SMILES string of the molecule is Cc1ncc(S(=O)(=O)N2CCC(N3CCCC3)C2)[nH]1. The van der Waals surface area contributed by atoms with Gasteiger partial charge in [0.2, 0.25) is 0 Å².